The number of aliphatic carboxylic acids is 1. The number of carbonyl (C=O) groups is 3. The van der Waals surface area contributed by atoms with E-state index in [0.29, 0.717) is 25.9 Å². The molecule has 7 nitrogen and oxygen atoms in total. The van der Waals surface area contributed by atoms with Crippen molar-refractivity contribution in [2.75, 3.05) is 19.7 Å². The highest BCUT2D eigenvalue weighted by Crippen LogP contribution is 2.44. The molecular weight excluding hydrogens is 444 g/mol. The van der Waals surface area contributed by atoms with Gasteiger partial charge >= 0.3 is 12.1 Å². The van der Waals surface area contributed by atoms with Crippen LogP contribution >= 0.6 is 0 Å². The first-order valence-electron chi connectivity index (χ1n) is 12.1. The van der Waals surface area contributed by atoms with Crippen LogP contribution < -0.4 is 5.32 Å². The minimum Gasteiger partial charge on any atom is -0.481 e. The highest BCUT2D eigenvalue weighted by Gasteiger charge is 2.30. The van der Waals surface area contributed by atoms with E-state index in [-0.39, 0.29) is 24.9 Å². The van der Waals surface area contributed by atoms with Crippen LogP contribution in [0.4, 0.5) is 4.79 Å². The van der Waals surface area contributed by atoms with E-state index in [2.05, 4.69) is 29.6 Å². The summed E-state index contributed by atoms with van der Waals surface area (Å²) in [7, 11) is 0. The van der Waals surface area contributed by atoms with Crippen LogP contribution in [0.1, 0.15) is 57.1 Å². The van der Waals surface area contributed by atoms with Gasteiger partial charge in [0.25, 0.3) is 0 Å². The Morgan fingerprint density at radius 2 is 1.66 bits per heavy atom. The number of carboxylic acid groups (broad SMARTS) is 1. The Morgan fingerprint density at radius 3 is 2.20 bits per heavy atom. The smallest absolute Gasteiger partial charge is 0.407 e. The van der Waals surface area contributed by atoms with Gasteiger partial charge in [-0.25, -0.2) is 4.79 Å². The molecule has 0 aromatic heterocycles. The van der Waals surface area contributed by atoms with Crippen molar-refractivity contribution in [3.63, 3.8) is 0 Å². The van der Waals surface area contributed by atoms with Gasteiger partial charge in [-0.2, -0.15) is 0 Å². The zero-order valence-electron chi connectivity index (χ0n) is 20.6. The standard InChI is InChI=1S/C28H34N2O5/c1-4-30(17-9-14-26(31)32)27(33)25(16-15-19(2)3)29-28(34)35-18-24-22-12-7-5-10-20(22)21-11-6-8-13-23(21)24/h5-8,10-13,15,24-25H,4,9,14,16-18H2,1-3H3,(H,29,34)(H,31,32). The maximum absolute atomic E-state index is 13.2. The number of likely N-dealkylation sites (N-methyl/N-ethyl adjacent to an activating group) is 1. The van der Waals surface area contributed by atoms with Crippen molar-refractivity contribution in [3.05, 3.63) is 71.3 Å². The number of ether oxygens (including phenoxy) is 1. The van der Waals surface area contributed by atoms with Crippen molar-refractivity contribution in [2.45, 2.75) is 52.0 Å². The maximum Gasteiger partial charge on any atom is 0.407 e. The number of benzene rings is 2. The van der Waals surface area contributed by atoms with Crippen LogP contribution in [0.5, 0.6) is 0 Å². The van der Waals surface area contributed by atoms with Gasteiger partial charge in [0.1, 0.15) is 12.6 Å². The SMILES string of the molecule is CCN(CCCC(=O)O)C(=O)C(CC=C(C)C)NC(=O)OCC1c2ccccc2-c2ccccc21. The molecule has 3 rings (SSSR count). The summed E-state index contributed by atoms with van der Waals surface area (Å²) in [6.45, 7) is 6.61. The van der Waals surface area contributed by atoms with Crippen molar-refractivity contribution in [1.82, 2.24) is 10.2 Å². The minimum atomic E-state index is -0.897. The largest absolute Gasteiger partial charge is 0.481 e. The molecule has 2 amide bonds. The first kappa shape index (κ1) is 26.0. The average molecular weight is 479 g/mol. The molecule has 1 atom stereocenters. The fraction of sp³-hybridized carbons (Fsp3) is 0.393. The van der Waals surface area contributed by atoms with Gasteiger partial charge < -0.3 is 20.1 Å². The number of amides is 2. The molecule has 0 radical (unpaired) electrons. The molecule has 1 aliphatic carbocycles. The third-order valence-corrected chi connectivity index (χ3v) is 6.21. The monoisotopic (exact) mass is 478 g/mol. The van der Waals surface area contributed by atoms with Crippen molar-refractivity contribution < 1.29 is 24.2 Å². The molecule has 186 valence electrons. The topological polar surface area (TPSA) is 95.9 Å². The summed E-state index contributed by atoms with van der Waals surface area (Å²) in [5.74, 6) is -1.21. The van der Waals surface area contributed by atoms with Gasteiger partial charge in [-0.15, -0.1) is 0 Å². The van der Waals surface area contributed by atoms with Gasteiger partial charge in [0.05, 0.1) is 0 Å². The number of nitrogens with zero attached hydrogens (tertiary/aromatic N) is 1. The highest BCUT2D eigenvalue weighted by atomic mass is 16.5. The maximum atomic E-state index is 13.2. The first-order chi connectivity index (χ1) is 16.8. The lowest BCUT2D eigenvalue weighted by atomic mass is 9.98. The number of alkyl carbamates (subject to hydrolysis) is 1. The molecule has 0 spiro atoms. The Morgan fingerprint density at radius 1 is 1.06 bits per heavy atom. The Labute approximate surface area is 206 Å². The van der Waals surface area contributed by atoms with E-state index in [9.17, 15) is 14.4 Å². The van der Waals surface area contributed by atoms with Crippen LogP contribution in [0.25, 0.3) is 11.1 Å². The van der Waals surface area contributed by atoms with Crippen LogP contribution in [-0.2, 0) is 14.3 Å². The summed E-state index contributed by atoms with van der Waals surface area (Å²) in [4.78, 5) is 38.4. The Hall–Kier alpha value is -3.61. The zero-order chi connectivity index (χ0) is 25.4. The third-order valence-electron chi connectivity index (χ3n) is 6.21. The number of rotatable bonds is 11. The van der Waals surface area contributed by atoms with E-state index in [0.717, 1.165) is 27.8 Å². The zero-order valence-corrected chi connectivity index (χ0v) is 20.6. The third kappa shape index (κ3) is 6.72. The molecule has 2 N–H and O–H groups in total. The van der Waals surface area contributed by atoms with Crippen LogP contribution in [0.3, 0.4) is 0 Å². The number of nitrogens with one attached hydrogen (secondary N) is 1. The predicted molar refractivity (Wildman–Crippen MR) is 135 cm³/mol. The van der Waals surface area contributed by atoms with Crippen molar-refractivity contribution in [1.29, 1.82) is 0 Å². The van der Waals surface area contributed by atoms with Gasteiger partial charge in [0, 0.05) is 25.4 Å². The second-order valence-corrected chi connectivity index (χ2v) is 8.95. The Bertz CT molecular complexity index is 1040. The fourth-order valence-corrected chi connectivity index (χ4v) is 4.42. The fourth-order valence-electron chi connectivity index (χ4n) is 4.42. The second-order valence-electron chi connectivity index (χ2n) is 8.95. The van der Waals surface area contributed by atoms with Gasteiger partial charge in [-0.3, -0.25) is 9.59 Å². The van der Waals surface area contributed by atoms with Crippen LogP contribution in [-0.4, -0.2) is 53.7 Å². The number of carboxylic acids is 1. The molecule has 0 heterocycles. The molecule has 0 bridgehead atoms. The first-order valence-corrected chi connectivity index (χ1v) is 12.1. The Kier molecular flexibility index (Phi) is 9.06. The van der Waals surface area contributed by atoms with E-state index >= 15 is 0 Å². The number of hydrogen-bond acceptors (Lipinski definition) is 4. The molecule has 0 aliphatic heterocycles. The minimum absolute atomic E-state index is 0.0117. The molecule has 1 unspecified atom stereocenters. The molecule has 35 heavy (non-hydrogen) atoms. The molecule has 1 aliphatic rings. The van der Waals surface area contributed by atoms with Crippen molar-refractivity contribution in [2.24, 2.45) is 0 Å². The number of allylic oxidation sites excluding steroid dienone is 1. The van der Waals surface area contributed by atoms with E-state index in [4.69, 9.17) is 9.84 Å². The van der Waals surface area contributed by atoms with E-state index in [1.54, 1.807) is 4.90 Å². The molecule has 2 aromatic carbocycles. The molecule has 0 saturated carbocycles. The summed E-state index contributed by atoms with van der Waals surface area (Å²) in [5.41, 5.74) is 5.57. The van der Waals surface area contributed by atoms with Crippen LogP contribution in [0, 0.1) is 0 Å². The molecule has 0 fully saturated rings. The summed E-state index contributed by atoms with van der Waals surface area (Å²) in [6.07, 6.45) is 1.93. The van der Waals surface area contributed by atoms with Gasteiger partial charge in [-0.1, -0.05) is 60.2 Å². The van der Waals surface area contributed by atoms with Crippen LogP contribution in [0.15, 0.2) is 60.2 Å². The highest BCUT2D eigenvalue weighted by molar-refractivity contribution is 5.86. The molecule has 2 aromatic rings. The normalized spacial score (nSPS) is 12.8. The van der Waals surface area contributed by atoms with Crippen molar-refractivity contribution in [3.8, 4) is 11.1 Å². The quantitative estimate of drug-likeness (QED) is 0.445. The summed E-state index contributed by atoms with van der Waals surface area (Å²) in [5, 5.41) is 11.6. The molecule has 0 saturated heterocycles. The van der Waals surface area contributed by atoms with Gasteiger partial charge in [-0.05, 0) is 55.9 Å². The second kappa shape index (κ2) is 12.2. The summed E-state index contributed by atoms with van der Waals surface area (Å²) < 4.78 is 5.63. The number of hydrogen-bond donors (Lipinski definition) is 2. The predicted octanol–water partition coefficient (Wildman–Crippen LogP) is 4.96. The lowest BCUT2D eigenvalue weighted by molar-refractivity contribution is -0.138. The van der Waals surface area contributed by atoms with Gasteiger partial charge in [0.2, 0.25) is 5.91 Å². The Balaban J connectivity index is 1.67. The lowest BCUT2D eigenvalue weighted by Crippen LogP contribution is -2.49. The molecule has 7 heteroatoms. The number of fused-ring (bicyclic) bond motifs is 3. The average Bonchev–Trinajstić information content (AvgIpc) is 3.16. The lowest BCUT2D eigenvalue weighted by Gasteiger charge is -2.26. The van der Waals surface area contributed by atoms with E-state index in [1.807, 2.05) is 51.1 Å². The van der Waals surface area contributed by atoms with Crippen LogP contribution in [0.2, 0.25) is 0 Å². The van der Waals surface area contributed by atoms with Crippen molar-refractivity contribution >= 4 is 18.0 Å². The molecular formula is C28H34N2O5. The number of carbonyl (C=O) groups excluding carboxylic acids is 2. The summed E-state index contributed by atoms with van der Waals surface area (Å²) in [6, 6.07) is 15.4. The van der Waals surface area contributed by atoms with E-state index < -0.39 is 18.1 Å². The van der Waals surface area contributed by atoms with Gasteiger partial charge in [0.15, 0.2) is 0 Å². The van der Waals surface area contributed by atoms with E-state index in [1.165, 1.54) is 0 Å². The summed E-state index contributed by atoms with van der Waals surface area (Å²) >= 11 is 0.